The van der Waals surface area contributed by atoms with Gasteiger partial charge >= 0.3 is 6.18 Å². The van der Waals surface area contributed by atoms with Crippen LogP contribution in [0.1, 0.15) is 28.4 Å². The molecule has 3 nitrogen and oxygen atoms in total. The number of benzene rings is 2. The zero-order valence-corrected chi connectivity index (χ0v) is 12.8. The minimum absolute atomic E-state index is 0.00407. The Morgan fingerprint density at radius 2 is 1.78 bits per heavy atom. The number of primary amides is 1. The zero-order valence-electron chi connectivity index (χ0n) is 12.1. The third kappa shape index (κ3) is 3.96. The van der Waals surface area contributed by atoms with E-state index in [4.69, 9.17) is 22.1 Å². The number of aryl methyl sites for hydroxylation is 1. The summed E-state index contributed by atoms with van der Waals surface area (Å²) in [4.78, 5) is 11.3. The number of hydrogen-bond acceptors (Lipinski definition) is 2. The lowest BCUT2D eigenvalue weighted by Gasteiger charge is -2.13. The van der Waals surface area contributed by atoms with E-state index in [-0.39, 0.29) is 5.75 Å². The minimum atomic E-state index is -4.57. The van der Waals surface area contributed by atoms with Crippen LogP contribution >= 0.6 is 11.6 Å². The second kappa shape index (κ2) is 6.50. The summed E-state index contributed by atoms with van der Waals surface area (Å²) in [7, 11) is 0. The van der Waals surface area contributed by atoms with Crippen molar-refractivity contribution in [2.24, 2.45) is 5.73 Å². The molecule has 122 valence electrons. The molecule has 0 aromatic heterocycles. The van der Waals surface area contributed by atoms with Gasteiger partial charge < -0.3 is 10.5 Å². The van der Waals surface area contributed by atoms with Crippen LogP contribution in [0.4, 0.5) is 13.2 Å². The van der Waals surface area contributed by atoms with Crippen LogP contribution in [0.2, 0.25) is 5.02 Å². The Kier molecular flexibility index (Phi) is 4.85. The number of alkyl halides is 3. The smallest absolute Gasteiger partial charge is 0.417 e. The average Bonchev–Trinajstić information content (AvgIpc) is 2.47. The van der Waals surface area contributed by atoms with Gasteiger partial charge in [0.1, 0.15) is 11.5 Å². The number of nitrogens with two attached hydrogens (primary N) is 1. The van der Waals surface area contributed by atoms with E-state index in [1.165, 1.54) is 18.2 Å². The van der Waals surface area contributed by atoms with Crippen molar-refractivity contribution >= 4 is 17.5 Å². The van der Waals surface area contributed by atoms with Crippen LogP contribution < -0.4 is 10.5 Å². The molecule has 2 aromatic carbocycles. The monoisotopic (exact) mass is 343 g/mol. The third-order valence-electron chi connectivity index (χ3n) is 3.20. The molecule has 0 fully saturated rings. The number of ether oxygens (including phenoxy) is 1. The number of halogens is 4. The van der Waals surface area contributed by atoms with Gasteiger partial charge in [-0.2, -0.15) is 13.2 Å². The van der Waals surface area contributed by atoms with E-state index in [1.807, 2.05) is 6.92 Å². The van der Waals surface area contributed by atoms with E-state index < -0.39 is 22.7 Å². The van der Waals surface area contributed by atoms with Crippen molar-refractivity contribution < 1.29 is 22.7 Å². The van der Waals surface area contributed by atoms with Gasteiger partial charge in [0.25, 0.3) is 0 Å². The molecule has 1 amide bonds. The van der Waals surface area contributed by atoms with Gasteiger partial charge in [0.2, 0.25) is 5.91 Å². The maximum absolute atomic E-state index is 12.8. The number of carbonyl (C=O) groups excluding carboxylic acids is 1. The van der Waals surface area contributed by atoms with Gasteiger partial charge in [-0.1, -0.05) is 18.5 Å². The van der Waals surface area contributed by atoms with Crippen LogP contribution in [-0.4, -0.2) is 5.91 Å². The first kappa shape index (κ1) is 17.1. The standard InChI is InChI=1S/C16H13ClF3NO2/c1-2-9-7-10(3-5-12(9)15(21)22)23-11-4-6-14(17)13(8-11)16(18,19)20/h3-8H,2H2,1H3,(H2,21,22). The average molecular weight is 344 g/mol. The van der Waals surface area contributed by atoms with Crippen molar-refractivity contribution in [2.45, 2.75) is 19.5 Å². The summed E-state index contributed by atoms with van der Waals surface area (Å²) in [5.74, 6) is -0.267. The van der Waals surface area contributed by atoms with Crippen LogP contribution in [0.3, 0.4) is 0 Å². The summed E-state index contributed by atoms with van der Waals surface area (Å²) in [6.45, 7) is 1.83. The van der Waals surface area contributed by atoms with Crippen LogP contribution in [0.5, 0.6) is 11.5 Å². The normalized spacial score (nSPS) is 11.3. The summed E-state index contributed by atoms with van der Waals surface area (Å²) in [6, 6.07) is 7.82. The first-order valence-corrected chi connectivity index (χ1v) is 7.07. The van der Waals surface area contributed by atoms with Crippen molar-refractivity contribution in [3.8, 4) is 11.5 Å². The first-order valence-electron chi connectivity index (χ1n) is 6.69. The minimum Gasteiger partial charge on any atom is -0.457 e. The number of carbonyl (C=O) groups is 1. The highest BCUT2D eigenvalue weighted by molar-refractivity contribution is 6.31. The lowest BCUT2D eigenvalue weighted by molar-refractivity contribution is -0.137. The fraction of sp³-hybridized carbons (Fsp3) is 0.188. The molecule has 0 spiro atoms. The zero-order chi connectivity index (χ0) is 17.2. The Balaban J connectivity index is 2.35. The molecule has 2 aromatic rings. The molecule has 2 rings (SSSR count). The number of rotatable bonds is 4. The van der Waals surface area contributed by atoms with Crippen LogP contribution in [0.25, 0.3) is 0 Å². The number of hydrogen-bond donors (Lipinski definition) is 1. The van der Waals surface area contributed by atoms with Gasteiger partial charge in [-0.15, -0.1) is 0 Å². The highest BCUT2D eigenvalue weighted by Crippen LogP contribution is 2.37. The Hall–Kier alpha value is -2.21. The molecular formula is C16H13ClF3NO2. The lowest BCUT2D eigenvalue weighted by atomic mass is 10.0. The quantitative estimate of drug-likeness (QED) is 0.865. The van der Waals surface area contributed by atoms with Gasteiger partial charge in [0, 0.05) is 5.56 Å². The summed E-state index contributed by atoms with van der Waals surface area (Å²) >= 11 is 5.56. The second-order valence-electron chi connectivity index (χ2n) is 4.78. The van der Waals surface area contributed by atoms with Crippen LogP contribution in [0, 0.1) is 0 Å². The van der Waals surface area contributed by atoms with Crippen LogP contribution in [-0.2, 0) is 12.6 Å². The SMILES string of the molecule is CCc1cc(Oc2ccc(Cl)c(C(F)(F)F)c2)ccc1C(N)=O. The van der Waals surface area contributed by atoms with Crippen LogP contribution in [0.15, 0.2) is 36.4 Å². The van der Waals surface area contributed by atoms with E-state index >= 15 is 0 Å². The Morgan fingerprint density at radius 3 is 2.35 bits per heavy atom. The summed E-state index contributed by atoms with van der Waals surface area (Å²) in [6.07, 6.45) is -4.04. The highest BCUT2D eigenvalue weighted by atomic mass is 35.5. The predicted molar refractivity (Wildman–Crippen MR) is 80.9 cm³/mol. The molecule has 0 atom stereocenters. The van der Waals surface area contributed by atoms with E-state index in [0.29, 0.717) is 23.3 Å². The van der Waals surface area contributed by atoms with Crippen molar-refractivity contribution in [1.29, 1.82) is 0 Å². The molecule has 0 unspecified atom stereocenters. The Bertz CT molecular complexity index is 745. The summed E-state index contributed by atoms with van der Waals surface area (Å²) in [5, 5.41) is -0.400. The fourth-order valence-electron chi connectivity index (χ4n) is 2.09. The molecule has 0 aliphatic carbocycles. The van der Waals surface area contributed by atoms with Crippen molar-refractivity contribution in [1.82, 2.24) is 0 Å². The maximum atomic E-state index is 12.8. The molecule has 7 heteroatoms. The van der Waals surface area contributed by atoms with E-state index in [9.17, 15) is 18.0 Å². The lowest BCUT2D eigenvalue weighted by Crippen LogP contribution is -2.13. The second-order valence-corrected chi connectivity index (χ2v) is 5.19. The molecule has 0 saturated carbocycles. The molecule has 0 aliphatic rings. The molecule has 0 radical (unpaired) electrons. The van der Waals surface area contributed by atoms with E-state index in [1.54, 1.807) is 6.07 Å². The molecule has 0 aliphatic heterocycles. The Labute approximate surface area is 135 Å². The highest BCUT2D eigenvalue weighted by Gasteiger charge is 2.33. The van der Waals surface area contributed by atoms with Gasteiger partial charge in [-0.3, -0.25) is 4.79 Å². The molecular weight excluding hydrogens is 331 g/mol. The molecule has 2 N–H and O–H groups in total. The number of amides is 1. The molecule has 0 saturated heterocycles. The first-order chi connectivity index (χ1) is 10.7. The fourth-order valence-corrected chi connectivity index (χ4v) is 2.31. The van der Waals surface area contributed by atoms with Gasteiger partial charge in [-0.25, -0.2) is 0 Å². The van der Waals surface area contributed by atoms with Crippen molar-refractivity contribution in [2.75, 3.05) is 0 Å². The maximum Gasteiger partial charge on any atom is 0.417 e. The molecule has 0 heterocycles. The molecule has 23 heavy (non-hydrogen) atoms. The van der Waals surface area contributed by atoms with Gasteiger partial charge in [0.05, 0.1) is 10.6 Å². The van der Waals surface area contributed by atoms with E-state index in [2.05, 4.69) is 0 Å². The largest absolute Gasteiger partial charge is 0.457 e. The van der Waals surface area contributed by atoms with Crippen molar-refractivity contribution in [3.05, 3.63) is 58.1 Å². The van der Waals surface area contributed by atoms with Crippen molar-refractivity contribution in [3.63, 3.8) is 0 Å². The topological polar surface area (TPSA) is 52.3 Å². The predicted octanol–water partition coefficient (Wildman–Crippen LogP) is 4.81. The summed E-state index contributed by atoms with van der Waals surface area (Å²) in [5.41, 5.74) is 5.29. The Morgan fingerprint density at radius 1 is 1.17 bits per heavy atom. The van der Waals surface area contributed by atoms with Gasteiger partial charge in [0.15, 0.2) is 0 Å². The van der Waals surface area contributed by atoms with Gasteiger partial charge in [-0.05, 0) is 48.4 Å². The summed E-state index contributed by atoms with van der Waals surface area (Å²) < 4.78 is 43.9. The van der Waals surface area contributed by atoms with E-state index in [0.717, 1.165) is 12.1 Å². The third-order valence-corrected chi connectivity index (χ3v) is 3.53. The molecule has 0 bridgehead atoms.